The van der Waals surface area contributed by atoms with Crippen LogP contribution in [0.3, 0.4) is 0 Å². The van der Waals surface area contributed by atoms with Gasteiger partial charge in [0.05, 0.1) is 18.3 Å². The van der Waals surface area contributed by atoms with Gasteiger partial charge in [-0.05, 0) is 37.6 Å². The lowest BCUT2D eigenvalue weighted by Gasteiger charge is -2.34. The molecule has 6 heteroatoms. The first kappa shape index (κ1) is 21.7. The third-order valence-corrected chi connectivity index (χ3v) is 6.41. The average Bonchev–Trinajstić information content (AvgIpc) is 3.19. The van der Waals surface area contributed by atoms with E-state index >= 15 is 0 Å². The topological polar surface area (TPSA) is 39.1 Å². The van der Waals surface area contributed by atoms with Crippen LogP contribution in [-0.2, 0) is 4.79 Å². The minimum atomic E-state index is -0.300. The minimum absolute atomic E-state index is 0.0266. The van der Waals surface area contributed by atoms with Crippen LogP contribution in [0.2, 0.25) is 0 Å². The molecule has 0 saturated carbocycles. The number of piperazine rings is 1. The number of aryl methyl sites for hydroxylation is 2. The number of hydrogen-bond acceptors (Lipinski definition) is 4. The van der Waals surface area contributed by atoms with Gasteiger partial charge < -0.3 is 4.90 Å². The highest BCUT2D eigenvalue weighted by molar-refractivity contribution is 6.03. The second kappa shape index (κ2) is 9.28. The van der Waals surface area contributed by atoms with E-state index in [9.17, 15) is 9.18 Å². The quantitative estimate of drug-likeness (QED) is 0.737. The van der Waals surface area contributed by atoms with Gasteiger partial charge in [0, 0.05) is 38.2 Å². The summed E-state index contributed by atoms with van der Waals surface area (Å²) in [6.45, 7) is 11.4. The number of benzene rings is 2. The van der Waals surface area contributed by atoms with Gasteiger partial charge in [-0.3, -0.25) is 9.69 Å². The molecule has 0 bridgehead atoms. The Morgan fingerprint density at radius 3 is 2.45 bits per heavy atom. The summed E-state index contributed by atoms with van der Waals surface area (Å²) in [7, 11) is 0. The summed E-state index contributed by atoms with van der Waals surface area (Å²) in [4.78, 5) is 17.9. The highest BCUT2D eigenvalue weighted by atomic mass is 19.1. The summed E-state index contributed by atoms with van der Waals surface area (Å²) >= 11 is 0. The summed E-state index contributed by atoms with van der Waals surface area (Å²) in [6, 6.07) is 12.7. The number of likely N-dealkylation sites (N-methyl/N-ethyl adjacent to an activating group) is 1. The second-order valence-corrected chi connectivity index (χ2v) is 8.56. The zero-order chi connectivity index (χ0) is 22.0. The summed E-state index contributed by atoms with van der Waals surface area (Å²) in [5.41, 5.74) is 4.49. The average molecular weight is 423 g/mol. The lowest BCUT2D eigenvalue weighted by molar-refractivity contribution is -0.134. The summed E-state index contributed by atoms with van der Waals surface area (Å²) < 4.78 is 14.5. The molecule has 1 saturated heterocycles. The number of hydrazone groups is 1. The van der Waals surface area contributed by atoms with Crippen LogP contribution in [0, 0.1) is 19.7 Å². The van der Waals surface area contributed by atoms with E-state index in [1.54, 1.807) is 17.1 Å². The first-order chi connectivity index (χ1) is 15.0. The molecule has 1 fully saturated rings. The standard InChI is InChI=1S/C25H31FN4O/c1-4-28-11-13-29(14-12-28)17-25(31)30-24(20-10-9-18(2)15-19(20)3)16-23(27-30)21-7-5-6-8-22(21)26/h5-10,15,24H,4,11-14,16-17H2,1-3H3/t24-/m0/s1. The van der Waals surface area contributed by atoms with Gasteiger partial charge in [0.25, 0.3) is 5.91 Å². The molecular formula is C25H31FN4O. The van der Waals surface area contributed by atoms with Crippen LogP contribution in [0.15, 0.2) is 47.6 Å². The molecule has 31 heavy (non-hydrogen) atoms. The highest BCUT2D eigenvalue weighted by Gasteiger charge is 2.35. The van der Waals surface area contributed by atoms with Crippen LogP contribution < -0.4 is 0 Å². The second-order valence-electron chi connectivity index (χ2n) is 8.56. The Balaban J connectivity index is 1.60. The molecule has 0 aliphatic carbocycles. The first-order valence-electron chi connectivity index (χ1n) is 11.1. The lowest BCUT2D eigenvalue weighted by Crippen LogP contribution is -2.49. The van der Waals surface area contributed by atoms with E-state index in [1.165, 1.54) is 11.6 Å². The normalized spacial score (nSPS) is 20.2. The molecule has 4 rings (SSSR count). The van der Waals surface area contributed by atoms with Crippen molar-refractivity contribution in [1.29, 1.82) is 0 Å². The Labute approximate surface area is 184 Å². The van der Waals surface area contributed by atoms with Gasteiger partial charge in [-0.25, -0.2) is 9.40 Å². The van der Waals surface area contributed by atoms with E-state index < -0.39 is 0 Å². The highest BCUT2D eigenvalue weighted by Crippen LogP contribution is 2.35. The van der Waals surface area contributed by atoms with Crippen LogP contribution in [0.25, 0.3) is 0 Å². The molecule has 1 atom stereocenters. The summed E-state index contributed by atoms with van der Waals surface area (Å²) in [6.07, 6.45) is 0.514. The minimum Gasteiger partial charge on any atom is -0.301 e. The number of carbonyl (C=O) groups excluding carboxylic acids is 1. The van der Waals surface area contributed by atoms with Crippen LogP contribution in [0.5, 0.6) is 0 Å². The summed E-state index contributed by atoms with van der Waals surface area (Å²) in [5, 5.41) is 6.26. The predicted molar refractivity (Wildman–Crippen MR) is 122 cm³/mol. The number of hydrogen-bond donors (Lipinski definition) is 0. The molecule has 5 nitrogen and oxygen atoms in total. The van der Waals surface area contributed by atoms with Gasteiger partial charge in [-0.15, -0.1) is 0 Å². The third kappa shape index (κ3) is 4.70. The number of amides is 1. The van der Waals surface area contributed by atoms with Crippen molar-refractivity contribution in [1.82, 2.24) is 14.8 Å². The molecule has 0 aromatic heterocycles. The van der Waals surface area contributed by atoms with E-state index in [0.29, 0.717) is 24.2 Å². The van der Waals surface area contributed by atoms with Crippen molar-refractivity contribution in [2.45, 2.75) is 33.2 Å². The van der Waals surface area contributed by atoms with Gasteiger partial charge in [-0.2, -0.15) is 5.10 Å². The molecule has 2 aromatic rings. The zero-order valence-electron chi connectivity index (χ0n) is 18.6. The van der Waals surface area contributed by atoms with Crippen LogP contribution >= 0.6 is 0 Å². The Morgan fingerprint density at radius 1 is 1.06 bits per heavy atom. The lowest BCUT2D eigenvalue weighted by atomic mass is 9.94. The van der Waals surface area contributed by atoms with E-state index in [1.807, 2.05) is 6.07 Å². The molecule has 0 spiro atoms. The van der Waals surface area contributed by atoms with Crippen LogP contribution in [0.1, 0.15) is 41.6 Å². The first-order valence-corrected chi connectivity index (χ1v) is 11.1. The van der Waals surface area contributed by atoms with Gasteiger partial charge in [0.1, 0.15) is 5.82 Å². The molecule has 164 valence electrons. The molecule has 2 aliphatic rings. The number of nitrogens with zero attached hydrogens (tertiary/aromatic N) is 4. The smallest absolute Gasteiger partial charge is 0.257 e. The fourth-order valence-corrected chi connectivity index (χ4v) is 4.57. The van der Waals surface area contributed by atoms with Crippen molar-refractivity contribution in [3.63, 3.8) is 0 Å². The van der Waals surface area contributed by atoms with Crippen LogP contribution in [0.4, 0.5) is 4.39 Å². The monoisotopic (exact) mass is 422 g/mol. The third-order valence-electron chi connectivity index (χ3n) is 6.41. The van der Waals surface area contributed by atoms with E-state index in [0.717, 1.165) is 43.9 Å². The number of carbonyl (C=O) groups is 1. The van der Waals surface area contributed by atoms with Crippen molar-refractivity contribution in [2.24, 2.45) is 5.10 Å². The van der Waals surface area contributed by atoms with Gasteiger partial charge in [-0.1, -0.05) is 48.9 Å². The van der Waals surface area contributed by atoms with E-state index in [-0.39, 0.29) is 17.8 Å². The maximum Gasteiger partial charge on any atom is 0.257 e. The fraction of sp³-hybridized carbons (Fsp3) is 0.440. The Bertz CT molecular complexity index is 981. The molecule has 2 heterocycles. The summed E-state index contributed by atoms with van der Waals surface area (Å²) in [5.74, 6) is -0.327. The SMILES string of the molecule is CCN1CCN(CC(=O)N2N=C(c3ccccc3F)C[C@H]2c2ccc(C)cc2C)CC1. The van der Waals surface area contributed by atoms with E-state index in [4.69, 9.17) is 0 Å². The van der Waals surface area contributed by atoms with Crippen molar-refractivity contribution in [2.75, 3.05) is 39.3 Å². The van der Waals surface area contributed by atoms with Gasteiger partial charge in [0.2, 0.25) is 0 Å². The van der Waals surface area contributed by atoms with Crippen molar-refractivity contribution < 1.29 is 9.18 Å². The Morgan fingerprint density at radius 2 is 1.77 bits per heavy atom. The zero-order valence-corrected chi connectivity index (χ0v) is 18.6. The van der Waals surface area contributed by atoms with Gasteiger partial charge in [0.15, 0.2) is 0 Å². The molecule has 2 aliphatic heterocycles. The Kier molecular flexibility index (Phi) is 6.49. The fourth-order valence-electron chi connectivity index (χ4n) is 4.57. The van der Waals surface area contributed by atoms with E-state index in [2.05, 4.69) is 53.9 Å². The maximum atomic E-state index is 14.5. The molecule has 0 unspecified atom stereocenters. The maximum absolute atomic E-state index is 14.5. The van der Waals surface area contributed by atoms with Crippen molar-refractivity contribution in [3.05, 3.63) is 70.5 Å². The molecule has 0 N–H and O–H groups in total. The largest absolute Gasteiger partial charge is 0.301 e. The van der Waals surface area contributed by atoms with Crippen molar-refractivity contribution in [3.8, 4) is 0 Å². The predicted octanol–water partition coefficient (Wildman–Crippen LogP) is 3.76. The molecule has 1 amide bonds. The Hall–Kier alpha value is -2.57. The van der Waals surface area contributed by atoms with Crippen LogP contribution in [-0.4, -0.2) is 65.7 Å². The number of rotatable bonds is 5. The number of halogens is 1. The molecule has 0 radical (unpaired) electrons. The van der Waals surface area contributed by atoms with Crippen molar-refractivity contribution >= 4 is 11.6 Å². The molecular weight excluding hydrogens is 391 g/mol. The molecule has 2 aromatic carbocycles. The van der Waals surface area contributed by atoms with Gasteiger partial charge >= 0.3 is 0 Å².